The van der Waals surface area contributed by atoms with Crippen molar-refractivity contribution in [1.82, 2.24) is 15.8 Å². The fourth-order valence-electron chi connectivity index (χ4n) is 3.70. The third-order valence-corrected chi connectivity index (χ3v) is 5.55. The molecule has 1 fully saturated rings. The maximum atomic E-state index is 12.6. The van der Waals surface area contributed by atoms with Crippen molar-refractivity contribution in [1.29, 1.82) is 0 Å². The lowest BCUT2D eigenvalue weighted by Gasteiger charge is -2.22. The van der Waals surface area contributed by atoms with E-state index in [-0.39, 0.29) is 42.7 Å². The summed E-state index contributed by atoms with van der Waals surface area (Å²) in [6.45, 7) is 0.173. The maximum Gasteiger partial charge on any atom is 0.319 e. The highest BCUT2D eigenvalue weighted by atomic mass is 16.4. The lowest BCUT2D eigenvalue weighted by atomic mass is 10.0. The van der Waals surface area contributed by atoms with E-state index in [1.54, 1.807) is 0 Å². The van der Waals surface area contributed by atoms with Crippen LogP contribution in [0.2, 0.25) is 0 Å². The van der Waals surface area contributed by atoms with Crippen molar-refractivity contribution in [3.63, 3.8) is 0 Å². The molecule has 2 amide bonds. The van der Waals surface area contributed by atoms with Crippen molar-refractivity contribution in [3.8, 4) is 0 Å². The number of carbonyl (C=O) groups excluding carboxylic acids is 2. The Morgan fingerprint density at radius 3 is 2.59 bits per heavy atom. The number of allylic oxidation sites excluding steroid dienone is 1. The lowest BCUT2D eigenvalue weighted by molar-refractivity contribution is -0.139. The van der Waals surface area contributed by atoms with Gasteiger partial charge in [-0.2, -0.15) is 0 Å². The van der Waals surface area contributed by atoms with Crippen molar-refractivity contribution in [3.05, 3.63) is 48.0 Å². The Labute approximate surface area is 189 Å². The number of carbonyl (C=O) groups is 3. The van der Waals surface area contributed by atoms with Crippen molar-refractivity contribution in [2.75, 3.05) is 20.1 Å². The molecule has 1 aliphatic rings. The standard InChI is InChI=1S/C23H35N5O4/c1-28(15-22(30)31)27-21(29)13-20(18-12-17(18)14-24)26-23(32)19(25)11-7-3-6-10-16-8-4-2-5-9-16/h2-5,7-9,17-20H,6,10-15,24-25H2,1H3,(H,26,32)(H,27,29)(H,30,31)/b7-3+/t17-,18-,19-,20+/m0/s1. The number of likely N-dealkylation sites (N-methyl/N-ethyl adjacent to an activating group) is 1. The van der Waals surface area contributed by atoms with Gasteiger partial charge < -0.3 is 21.9 Å². The van der Waals surface area contributed by atoms with E-state index in [0.29, 0.717) is 13.0 Å². The number of amides is 2. The van der Waals surface area contributed by atoms with Crippen LogP contribution < -0.4 is 22.2 Å². The van der Waals surface area contributed by atoms with Gasteiger partial charge in [0.15, 0.2) is 0 Å². The van der Waals surface area contributed by atoms with Gasteiger partial charge in [0.2, 0.25) is 11.8 Å². The molecular formula is C23H35N5O4. The monoisotopic (exact) mass is 445 g/mol. The highest BCUT2D eigenvalue weighted by Crippen LogP contribution is 2.41. The summed E-state index contributed by atoms with van der Waals surface area (Å²) in [5.74, 6) is -1.34. The van der Waals surface area contributed by atoms with Crippen molar-refractivity contribution in [2.24, 2.45) is 23.3 Å². The number of rotatable bonds is 14. The molecule has 4 atom stereocenters. The van der Waals surface area contributed by atoms with Gasteiger partial charge in [-0.05, 0) is 49.6 Å². The Morgan fingerprint density at radius 1 is 1.25 bits per heavy atom. The van der Waals surface area contributed by atoms with Gasteiger partial charge in [0.25, 0.3) is 0 Å². The summed E-state index contributed by atoms with van der Waals surface area (Å²) >= 11 is 0. The Balaban J connectivity index is 1.80. The number of hydrogen-bond donors (Lipinski definition) is 5. The number of hydrazine groups is 1. The maximum absolute atomic E-state index is 12.6. The highest BCUT2D eigenvalue weighted by Gasteiger charge is 2.43. The third-order valence-electron chi connectivity index (χ3n) is 5.55. The van der Waals surface area contributed by atoms with Crippen LogP contribution in [0, 0.1) is 11.8 Å². The average Bonchev–Trinajstić information content (AvgIpc) is 3.52. The molecule has 32 heavy (non-hydrogen) atoms. The number of carboxylic acid groups (broad SMARTS) is 1. The summed E-state index contributed by atoms with van der Waals surface area (Å²) in [5.41, 5.74) is 15.6. The molecular weight excluding hydrogens is 410 g/mol. The predicted octanol–water partition coefficient (Wildman–Crippen LogP) is 0.410. The van der Waals surface area contributed by atoms with Crippen LogP contribution in [0.4, 0.5) is 0 Å². The second-order valence-corrected chi connectivity index (χ2v) is 8.34. The van der Waals surface area contributed by atoms with Crippen LogP contribution in [0.3, 0.4) is 0 Å². The molecule has 0 saturated heterocycles. The molecule has 1 aromatic carbocycles. The molecule has 1 aliphatic carbocycles. The van der Waals surface area contributed by atoms with Gasteiger partial charge in [-0.3, -0.25) is 19.8 Å². The quantitative estimate of drug-likeness (QED) is 0.205. The summed E-state index contributed by atoms with van der Waals surface area (Å²) in [6.07, 6.45) is 7.01. The molecule has 7 N–H and O–H groups in total. The summed E-state index contributed by atoms with van der Waals surface area (Å²) in [4.78, 5) is 35.7. The fourth-order valence-corrected chi connectivity index (χ4v) is 3.70. The highest BCUT2D eigenvalue weighted by molar-refractivity contribution is 5.83. The fraction of sp³-hybridized carbons (Fsp3) is 0.522. The second kappa shape index (κ2) is 12.9. The van der Waals surface area contributed by atoms with Gasteiger partial charge in [-0.25, -0.2) is 5.01 Å². The number of nitrogens with one attached hydrogen (secondary N) is 2. The Hall–Kier alpha value is -2.75. The molecule has 9 nitrogen and oxygen atoms in total. The summed E-state index contributed by atoms with van der Waals surface area (Å²) in [6, 6.07) is 9.06. The molecule has 176 valence electrons. The molecule has 9 heteroatoms. The number of benzene rings is 1. The van der Waals surface area contributed by atoms with E-state index in [1.165, 1.54) is 17.6 Å². The molecule has 0 aliphatic heterocycles. The van der Waals surface area contributed by atoms with E-state index in [1.807, 2.05) is 30.4 Å². The first-order chi connectivity index (χ1) is 15.3. The van der Waals surface area contributed by atoms with E-state index < -0.39 is 12.0 Å². The first-order valence-corrected chi connectivity index (χ1v) is 11.0. The van der Waals surface area contributed by atoms with E-state index in [9.17, 15) is 14.4 Å². The van der Waals surface area contributed by atoms with Crippen molar-refractivity contribution in [2.45, 2.75) is 44.2 Å². The van der Waals surface area contributed by atoms with Crippen LogP contribution in [0.15, 0.2) is 42.5 Å². The average molecular weight is 446 g/mol. The second-order valence-electron chi connectivity index (χ2n) is 8.34. The van der Waals surface area contributed by atoms with Gasteiger partial charge in [-0.1, -0.05) is 42.5 Å². The Bertz CT molecular complexity index is 786. The van der Waals surface area contributed by atoms with Gasteiger partial charge in [0.05, 0.1) is 6.04 Å². The zero-order valence-corrected chi connectivity index (χ0v) is 18.6. The molecule has 0 aromatic heterocycles. The topological polar surface area (TPSA) is 151 Å². The zero-order chi connectivity index (χ0) is 23.5. The van der Waals surface area contributed by atoms with Crippen LogP contribution >= 0.6 is 0 Å². The van der Waals surface area contributed by atoms with Crippen molar-refractivity contribution < 1.29 is 19.5 Å². The molecule has 1 saturated carbocycles. The lowest BCUT2D eigenvalue weighted by Crippen LogP contribution is -2.49. The van der Waals surface area contributed by atoms with Gasteiger partial charge in [-0.15, -0.1) is 0 Å². The number of hydrogen-bond acceptors (Lipinski definition) is 6. The number of aryl methyl sites for hydroxylation is 1. The van der Waals surface area contributed by atoms with Crippen LogP contribution in [0.5, 0.6) is 0 Å². The third kappa shape index (κ3) is 9.17. The largest absolute Gasteiger partial charge is 0.480 e. The molecule has 0 unspecified atom stereocenters. The zero-order valence-electron chi connectivity index (χ0n) is 18.6. The summed E-state index contributed by atoms with van der Waals surface area (Å²) < 4.78 is 0. The van der Waals surface area contributed by atoms with Crippen LogP contribution in [-0.4, -0.2) is 60.1 Å². The number of carboxylic acids is 1. The molecule has 0 heterocycles. The molecule has 0 bridgehead atoms. The first kappa shape index (κ1) is 25.5. The minimum Gasteiger partial charge on any atom is -0.480 e. The van der Waals surface area contributed by atoms with Gasteiger partial charge >= 0.3 is 5.97 Å². The summed E-state index contributed by atoms with van der Waals surface area (Å²) in [7, 11) is 1.47. The number of nitrogens with zero attached hydrogens (tertiary/aromatic N) is 1. The number of aliphatic carboxylic acids is 1. The predicted molar refractivity (Wildman–Crippen MR) is 122 cm³/mol. The minimum absolute atomic E-state index is 0.0382. The van der Waals surface area contributed by atoms with E-state index >= 15 is 0 Å². The molecule has 2 rings (SSSR count). The van der Waals surface area contributed by atoms with Crippen molar-refractivity contribution >= 4 is 17.8 Å². The number of nitrogens with two attached hydrogens (primary N) is 2. The SMILES string of the molecule is CN(CC(=O)O)NC(=O)C[C@@H](NC(=O)[C@@H](N)C/C=C/CCc1ccccc1)[C@H]1C[C@H]1CN. The van der Waals surface area contributed by atoms with Gasteiger partial charge in [0, 0.05) is 19.5 Å². The van der Waals surface area contributed by atoms with Crippen LogP contribution in [0.1, 0.15) is 31.2 Å². The normalized spacial score (nSPS) is 19.5. The minimum atomic E-state index is -1.05. The smallest absolute Gasteiger partial charge is 0.319 e. The Morgan fingerprint density at radius 2 is 1.97 bits per heavy atom. The van der Waals surface area contributed by atoms with E-state index in [4.69, 9.17) is 16.6 Å². The molecule has 0 spiro atoms. The van der Waals surface area contributed by atoms with E-state index in [0.717, 1.165) is 19.3 Å². The molecule has 1 aromatic rings. The first-order valence-electron chi connectivity index (χ1n) is 11.0. The van der Waals surface area contributed by atoms with Crippen LogP contribution in [0.25, 0.3) is 0 Å². The molecule has 0 radical (unpaired) electrons. The van der Waals surface area contributed by atoms with E-state index in [2.05, 4.69) is 22.9 Å². The van der Waals surface area contributed by atoms with Crippen LogP contribution in [-0.2, 0) is 20.8 Å². The Kier molecular flexibility index (Phi) is 10.3. The van der Waals surface area contributed by atoms with Gasteiger partial charge in [0.1, 0.15) is 6.54 Å². The summed E-state index contributed by atoms with van der Waals surface area (Å²) in [5, 5.41) is 12.9.